The maximum absolute atomic E-state index is 14.3. The SMILES string of the molecule is CC(C)(C)OC(=O)N1CCNC(=O)C1c1ccc(F)c(OCc2ccc(Cl)cc2F)n1. The highest BCUT2D eigenvalue weighted by atomic mass is 35.5. The average molecular weight is 454 g/mol. The first-order valence-electron chi connectivity index (χ1n) is 9.55. The molecule has 1 aliphatic rings. The molecule has 0 spiro atoms. The topological polar surface area (TPSA) is 80.8 Å². The number of pyridine rings is 1. The first-order valence-corrected chi connectivity index (χ1v) is 9.93. The third kappa shape index (κ3) is 5.61. The summed E-state index contributed by atoms with van der Waals surface area (Å²) in [4.78, 5) is 30.4. The Kier molecular flexibility index (Phi) is 6.64. The van der Waals surface area contributed by atoms with Gasteiger partial charge in [0.2, 0.25) is 5.91 Å². The summed E-state index contributed by atoms with van der Waals surface area (Å²) in [6.07, 6.45) is -0.691. The van der Waals surface area contributed by atoms with E-state index >= 15 is 0 Å². The quantitative estimate of drug-likeness (QED) is 0.756. The Labute approximate surface area is 183 Å². The molecule has 0 bridgehead atoms. The van der Waals surface area contributed by atoms with E-state index in [-0.39, 0.29) is 36.0 Å². The molecule has 2 heterocycles. The van der Waals surface area contributed by atoms with Crippen LogP contribution in [0.3, 0.4) is 0 Å². The smallest absolute Gasteiger partial charge is 0.411 e. The van der Waals surface area contributed by atoms with Crippen LogP contribution >= 0.6 is 11.6 Å². The molecule has 3 rings (SSSR count). The Morgan fingerprint density at radius 2 is 2.00 bits per heavy atom. The van der Waals surface area contributed by atoms with E-state index in [4.69, 9.17) is 21.1 Å². The Bertz CT molecular complexity index is 997. The van der Waals surface area contributed by atoms with Gasteiger partial charge in [0.15, 0.2) is 11.9 Å². The summed E-state index contributed by atoms with van der Waals surface area (Å²) in [6.45, 7) is 5.26. The van der Waals surface area contributed by atoms with Gasteiger partial charge in [-0.1, -0.05) is 17.7 Å². The lowest BCUT2D eigenvalue weighted by Gasteiger charge is -2.35. The summed E-state index contributed by atoms with van der Waals surface area (Å²) in [6, 6.07) is 5.25. The summed E-state index contributed by atoms with van der Waals surface area (Å²) in [5.74, 6) is -2.30. The second-order valence-corrected chi connectivity index (χ2v) is 8.35. The summed E-state index contributed by atoms with van der Waals surface area (Å²) < 4.78 is 39.0. The van der Waals surface area contributed by atoms with Crippen LogP contribution in [0.2, 0.25) is 5.02 Å². The highest BCUT2D eigenvalue weighted by Crippen LogP contribution is 2.27. The van der Waals surface area contributed by atoms with Crippen molar-refractivity contribution in [3.63, 3.8) is 0 Å². The molecule has 1 aliphatic heterocycles. The number of amides is 2. The highest BCUT2D eigenvalue weighted by Gasteiger charge is 2.38. The number of hydrogen-bond acceptors (Lipinski definition) is 5. The molecule has 166 valence electrons. The maximum Gasteiger partial charge on any atom is 0.411 e. The molecule has 1 aromatic heterocycles. The van der Waals surface area contributed by atoms with Gasteiger partial charge in [0, 0.05) is 23.7 Å². The van der Waals surface area contributed by atoms with Crippen LogP contribution in [0.4, 0.5) is 13.6 Å². The number of rotatable bonds is 4. The second kappa shape index (κ2) is 9.05. The first kappa shape index (κ1) is 22.7. The standard InChI is InChI=1S/C21H22ClF2N3O4/c1-21(2,3)31-20(29)27-9-8-25-18(28)17(27)16-7-6-14(23)19(26-16)30-11-12-4-5-13(22)10-15(12)24/h4-7,10,17H,8-9,11H2,1-3H3,(H,25,28). The van der Waals surface area contributed by atoms with E-state index in [1.54, 1.807) is 20.8 Å². The average Bonchev–Trinajstić information content (AvgIpc) is 2.67. The van der Waals surface area contributed by atoms with E-state index in [1.807, 2.05) is 0 Å². The Balaban J connectivity index is 1.85. The molecule has 1 atom stereocenters. The number of halogens is 3. The van der Waals surface area contributed by atoms with Crippen molar-refractivity contribution >= 4 is 23.6 Å². The van der Waals surface area contributed by atoms with Crippen LogP contribution in [0.25, 0.3) is 0 Å². The molecule has 1 aromatic carbocycles. The zero-order valence-electron chi connectivity index (χ0n) is 17.2. The lowest BCUT2D eigenvalue weighted by Crippen LogP contribution is -2.53. The van der Waals surface area contributed by atoms with Crippen molar-refractivity contribution in [2.45, 2.75) is 39.0 Å². The van der Waals surface area contributed by atoms with Gasteiger partial charge in [-0.05, 0) is 45.0 Å². The molecule has 2 aromatic rings. The number of benzene rings is 1. The zero-order chi connectivity index (χ0) is 22.8. The van der Waals surface area contributed by atoms with Crippen molar-refractivity contribution in [1.29, 1.82) is 0 Å². The Morgan fingerprint density at radius 3 is 2.68 bits per heavy atom. The van der Waals surface area contributed by atoms with Crippen molar-refractivity contribution in [2.24, 2.45) is 0 Å². The van der Waals surface area contributed by atoms with E-state index in [0.29, 0.717) is 0 Å². The summed E-state index contributed by atoms with van der Waals surface area (Å²) in [5.41, 5.74) is -0.513. The number of aromatic nitrogens is 1. The predicted octanol–water partition coefficient (Wildman–Crippen LogP) is 4.00. The molecule has 0 saturated carbocycles. The van der Waals surface area contributed by atoms with Gasteiger partial charge in [0.25, 0.3) is 5.88 Å². The summed E-state index contributed by atoms with van der Waals surface area (Å²) in [7, 11) is 0. The van der Waals surface area contributed by atoms with Gasteiger partial charge in [-0.25, -0.2) is 18.6 Å². The number of nitrogens with one attached hydrogen (secondary N) is 1. The maximum atomic E-state index is 14.3. The molecule has 1 fully saturated rings. The fourth-order valence-corrected chi connectivity index (χ4v) is 3.11. The molecule has 1 saturated heterocycles. The molecular weight excluding hydrogens is 432 g/mol. The molecule has 7 nitrogen and oxygen atoms in total. The number of carbonyl (C=O) groups excluding carboxylic acids is 2. The first-order chi connectivity index (χ1) is 14.5. The largest absolute Gasteiger partial charge is 0.471 e. The summed E-state index contributed by atoms with van der Waals surface area (Å²) in [5, 5.41) is 2.88. The van der Waals surface area contributed by atoms with Crippen molar-refractivity contribution < 1.29 is 27.8 Å². The van der Waals surface area contributed by atoms with Crippen molar-refractivity contribution in [3.8, 4) is 5.88 Å². The molecule has 0 radical (unpaired) electrons. The Hall–Kier alpha value is -2.94. The van der Waals surface area contributed by atoms with Crippen LogP contribution in [0.5, 0.6) is 5.88 Å². The van der Waals surface area contributed by atoms with Crippen molar-refractivity contribution in [3.05, 3.63) is 58.2 Å². The van der Waals surface area contributed by atoms with Crippen LogP contribution in [0, 0.1) is 11.6 Å². The zero-order valence-corrected chi connectivity index (χ0v) is 18.0. The van der Waals surface area contributed by atoms with Gasteiger partial charge < -0.3 is 14.8 Å². The fourth-order valence-electron chi connectivity index (χ4n) is 2.95. The minimum absolute atomic E-state index is 0.0936. The van der Waals surface area contributed by atoms with Gasteiger partial charge >= 0.3 is 6.09 Å². The molecule has 10 heteroatoms. The number of piperazine rings is 1. The van der Waals surface area contributed by atoms with E-state index in [9.17, 15) is 18.4 Å². The molecule has 1 N–H and O–H groups in total. The molecule has 0 aliphatic carbocycles. The lowest BCUT2D eigenvalue weighted by molar-refractivity contribution is -0.129. The Morgan fingerprint density at radius 1 is 1.26 bits per heavy atom. The van der Waals surface area contributed by atoms with Crippen molar-refractivity contribution in [2.75, 3.05) is 13.1 Å². The number of ether oxygens (including phenoxy) is 2. The minimum Gasteiger partial charge on any atom is -0.471 e. The number of hydrogen-bond donors (Lipinski definition) is 1. The van der Waals surface area contributed by atoms with E-state index < -0.39 is 41.2 Å². The third-order valence-corrected chi connectivity index (χ3v) is 4.57. The predicted molar refractivity (Wildman–Crippen MR) is 109 cm³/mol. The fraction of sp³-hybridized carbons (Fsp3) is 0.381. The van der Waals surface area contributed by atoms with Crippen LogP contribution in [0.1, 0.15) is 38.1 Å². The van der Waals surface area contributed by atoms with E-state index in [1.165, 1.54) is 23.1 Å². The molecule has 1 unspecified atom stereocenters. The van der Waals surface area contributed by atoms with Crippen molar-refractivity contribution in [1.82, 2.24) is 15.2 Å². The van der Waals surface area contributed by atoms with Crippen LogP contribution in [0.15, 0.2) is 30.3 Å². The highest BCUT2D eigenvalue weighted by molar-refractivity contribution is 6.30. The van der Waals surface area contributed by atoms with Gasteiger partial charge in [-0.2, -0.15) is 0 Å². The van der Waals surface area contributed by atoms with Crippen LogP contribution in [-0.4, -0.2) is 40.6 Å². The van der Waals surface area contributed by atoms with Gasteiger partial charge in [-0.15, -0.1) is 0 Å². The summed E-state index contributed by atoms with van der Waals surface area (Å²) >= 11 is 5.73. The van der Waals surface area contributed by atoms with Gasteiger partial charge in [-0.3, -0.25) is 9.69 Å². The van der Waals surface area contributed by atoms with E-state index in [2.05, 4.69) is 10.3 Å². The van der Waals surface area contributed by atoms with Crippen LogP contribution < -0.4 is 10.1 Å². The normalized spacial score (nSPS) is 16.6. The monoisotopic (exact) mass is 453 g/mol. The van der Waals surface area contributed by atoms with E-state index in [0.717, 1.165) is 12.1 Å². The number of carbonyl (C=O) groups is 2. The number of nitrogens with zero attached hydrogens (tertiary/aromatic N) is 2. The van der Waals surface area contributed by atoms with Gasteiger partial charge in [0.1, 0.15) is 18.0 Å². The van der Waals surface area contributed by atoms with Gasteiger partial charge in [0.05, 0.1) is 5.69 Å². The minimum atomic E-state index is -1.13. The molecular formula is C21H22ClF2N3O4. The second-order valence-electron chi connectivity index (χ2n) is 7.91. The molecule has 31 heavy (non-hydrogen) atoms. The lowest BCUT2D eigenvalue weighted by atomic mass is 10.1. The van der Waals surface area contributed by atoms with Crippen LogP contribution in [-0.2, 0) is 16.1 Å². The third-order valence-electron chi connectivity index (χ3n) is 4.33. The molecule has 2 amide bonds.